The molecule has 0 saturated heterocycles. The number of rotatable bonds is 4. The zero-order chi connectivity index (χ0) is 17.1. The second kappa shape index (κ2) is 6.71. The summed E-state index contributed by atoms with van der Waals surface area (Å²) in [6.45, 7) is 6.34. The fourth-order valence-corrected chi connectivity index (χ4v) is 2.77. The molecule has 0 aliphatic rings. The van der Waals surface area contributed by atoms with Crippen LogP contribution in [0, 0.1) is 6.92 Å². The molecule has 1 amide bonds. The van der Waals surface area contributed by atoms with Gasteiger partial charge in [-0.05, 0) is 42.2 Å². The van der Waals surface area contributed by atoms with Crippen LogP contribution in [0.4, 0.5) is 5.69 Å². The smallest absolute Gasteiger partial charge is 0.258 e. The molecule has 0 saturated carbocycles. The first kappa shape index (κ1) is 16.0. The van der Waals surface area contributed by atoms with Crippen LogP contribution in [0.15, 0.2) is 60.9 Å². The van der Waals surface area contributed by atoms with E-state index in [9.17, 15) is 4.79 Å². The first-order valence-corrected chi connectivity index (χ1v) is 8.07. The Labute approximate surface area is 142 Å². The fourth-order valence-electron chi connectivity index (χ4n) is 2.77. The van der Waals surface area contributed by atoms with E-state index in [2.05, 4.69) is 30.3 Å². The minimum Gasteiger partial charge on any atom is -0.322 e. The number of hydrogen-bond donors (Lipinski definition) is 1. The Hall–Kier alpha value is -2.88. The van der Waals surface area contributed by atoms with Gasteiger partial charge in [-0.3, -0.25) is 4.79 Å². The molecule has 1 N–H and O–H groups in total. The van der Waals surface area contributed by atoms with Gasteiger partial charge in [0.15, 0.2) is 0 Å². The van der Waals surface area contributed by atoms with Crippen LogP contribution in [0.3, 0.4) is 0 Å². The number of nitrogens with one attached hydrogen (secondary N) is 1. The summed E-state index contributed by atoms with van der Waals surface area (Å²) in [5.41, 5.74) is 4.66. The fraction of sp³-hybridized carbons (Fsp3) is 0.200. The van der Waals surface area contributed by atoms with E-state index >= 15 is 0 Å². The highest BCUT2D eigenvalue weighted by molar-refractivity contribution is 6.04. The average molecular weight is 319 g/mol. The minimum atomic E-state index is -0.152. The molecule has 1 aromatic heterocycles. The molecule has 0 bridgehead atoms. The quantitative estimate of drug-likeness (QED) is 0.766. The van der Waals surface area contributed by atoms with Crippen molar-refractivity contribution < 1.29 is 4.79 Å². The van der Waals surface area contributed by atoms with Crippen LogP contribution in [0.25, 0.3) is 5.69 Å². The first-order chi connectivity index (χ1) is 11.6. The summed E-state index contributed by atoms with van der Waals surface area (Å²) >= 11 is 0. The maximum absolute atomic E-state index is 12.5. The summed E-state index contributed by atoms with van der Waals surface area (Å²) < 4.78 is 1.70. The average Bonchev–Trinajstić information content (AvgIpc) is 3.07. The van der Waals surface area contributed by atoms with E-state index in [1.165, 1.54) is 5.56 Å². The molecule has 0 unspecified atom stereocenters. The number of para-hydroxylation sites is 1. The summed E-state index contributed by atoms with van der Waals surface area (Å²) in [5.74, 6) is 0.267. The van der Waals surface area contributed by atoms with Gasteiger partial charge >= 0.3 is 0 Å². The van der Waals surface area contributed by atoms with E-state index < -0.39 is 0 Å². The molecule has 0 spiro atoms. The first-order valence-electron chi connectivity index (χ1n) is 8.07. The highest BCUT2D eigenvalue weighted by Crippen LogP contribution is 2.25. The topological polar surface area (TPSA) is 46.9 Å². The molecule has 2 aromatic carbocycles. The van der Waals surface area contributed by atoms with Crippen molar-refractivity contribution in [3.63, 3.8) is 0 Å². The number of nitrogens with zero attached hydrogens (tertiary/aromatic N) is 2. The molecular formula is C20H21N3O. The van der Waals surface area contributed by atoms with Crippen molar-refractivity contribution in [1.29, 1.82) is 0 Å². The zero-order valence-corrected chi connectivity index (χ0v) is 14.2. The van der Waals surface area contributed by atoms with Crippen LogP contribution in [0.5, 0.6) is 0 Å². The SMILES string of the molecule is Cc1c(NC(=O)c2cnn(-c3ccccc3)c2)cccc1C(C)C. The second-order valence-electron chi connectivity index (χ2n) is 6.14. The van der Waals surface area contributed by atoms with Crippen molar-refractivity contribution in [3.05, 3.63) is 77.6 Å². The Morgan fingerprint density at radius 3 is 2.54 bits per heavy atom. The third kappa shape index (κ3) is 3.23. The number of aromatic nitrogens is 2. The minimum absolute atomic E-state index is 0.152. The summed E-state index contributed by atoms with van der Waals surface area (Å²) in [7, 11) is 0. The summed E-state index contributed by atoms with van der Waals surface area (Å²) in [6.07, 6.45) is 3.33. The van der Waals surface area contributed by atoms with Crippen LogP contribution in [-0.2, 0) is 0 Å². The molecule has 0 atom stereocenters. The number of benzene rings is 2. The Bertz CT molecular complexity index is 850. The summed E-state index contributed by atoms with van der Waals surface area (Å²) in [6, 6.07) is 15.7. The lowest BCUT2D eigenvalue weighted by Crippen LogP contribution is -2.13. The third-order valence-corrected chi connectivity index (χ3v) is 4.11. The van der Waals surface area contributed by atoms with Crippen molar-refractivity contribution in [2.75, 3.05) is 5.32 Å². The molecule has 0 radical (unpaired) electrons. The molecule has 3 aromatic rings. The highest BCUT2D eigenvalue weighted by atomic mass is 16.1. The third-order valence-electron chi connectivity index (χ3n) is 4.11. The lowest BCUT2D eigenvalue weighted by Gasteiger charge is -2.14. The maximum atomic E-state index is 12.5. The molecule has 0 aliphatic carbocycles. The van der Waals surface area contributed by atoms with Crippen molar-refractivity contribution >= 4 is 11.6 Å². The number of hydrogen-bond acceptors (Lipinski definition) is 2. The maximum Gasteiger partial charge on any atom is 0.258 e. The van der Waals surface area contributed by atoms with Gasteiger partial charge in [0.2, 0.25) is 0 Å². The Balaban J connectivity index is 1.82. The molecule has 24 heavy (non-hydrogen) atoms. The highest BCUT2D eigenvalue weighted by Gasteiger charge is 2.13. The van der Waals surface area contributed by atoms with Gasteiger partial charge in [0.1, 0.15) is 0 Å². The Kier molecular flexibility index (Phi) is 4.47. The largest absolute Gasteiger partial charge is 0.322 e. The predicted octanol–water partition coefficient (Wildman–Crippen LogP) is 4.56. The van der Waals surface area contributed by atoms with Crippen LogP contribution >= 0.6 is 0 Å². The number of amides is 1. The van der Waals surface area contributed by atoms with Crippen molar-refractivity contribution in [2.45, 2.75) is 26.7 Å². The van der Waals surface area contributed by atoms with E-state index in [0.717, 1.165) is 16.9 Å². The van der Waals surface area contributed by atoms with Gasteiger partial charge in [-0.2, -0.15) is 5.10 Å². The monoisotopic (exact) mass is 319 g/mol. The van der Waals surface area contributed by atoms with Gasteiger partial charge in [-0.1, -0.05) is 44.2 Å². The van der Waals surface area contributed by atoms with Crippen molar-refractivity contribution in [2.24, 2.45) is 0 Å². The van der Waals surface area contributed by atoms with Gasteiger partial charge in [-0.25, -0.2) is 4.68 Å². The molecule has 0 aliphatic heterocycles. The van der Waals surface area contributed by atoms with E-state index in [1.807, 2.05) is 49.4 Å². The number of anilines is 1. The lowest BCUT2D eigenvalue weighted by molar-refractivity contribution is 0.102. The van der Waals surface area contributed by atoms with Gasteiger partial charge in [0, 0.05) is 11.9 Å². The van der Waals surface area contributed by atoms with Gasteiger partial charge in [0.05, 0.1) is 17.4 Å². The van der Waals surface area contributed by atoms with Gasteiger partial charge in [-0.15, -0.1) is 0 Å². The lowest BCUT2D eigenvalue weighted by atomic mass is 9.97. The molecule has 0 fully saturated rings. The van der Waals surface area contributed by atoms with Gasteiger partial charge in [0.25, 0.3) is 5.91 Å². The molecule has 122 valence electrons. The van der Waals surface area contributed by atoms with Crippen molar-refractivity contribution in [1.82, 2.24) is 9.78 Å². The van der Waals surface area contributed by atoms with E-state index in [1.54, 1.807) is 17.1 Å². The van der Waals surface area contributed by atoms with Crippen LogP contribution in [-0.4, -0.2) is 15.7 Å². The second-order valence-corrected chi connectivity index (χ2v) is 6.14. The number of carbonyl (C=O) groups excluding carboxylic acids is 1. The Morgan fingerprint density at radius 1 is 1.08 bits per heavy atom. The van der Waals surface area contributed by atoms with Crippen LogP contribution in [0.1, 0.15) is 41.3 Å². The summed E-state index contributed by atoms with van der Waals surface area (Å²) in [4.78, 5) is 12.5. The van der Waals surface area contributed by atoms with Gasteiger partial charge < -0.3 is 5.32 Å². The zero-order valence-electron chi connectivity index (χ0n) is 14.2. The molecule has 4 heteroatoms. The normalized spacial score (nSPS) is 10.8. The molecule has 4 nitrogen and oxygen atoms in total. The van der Waals surface area contributed by atoms with E-state index in [4.69, 9.17) is 0 Å². The Morgan fingerprint density at radius 2 is 1.83 bits per heavy atom. The van der Waals surface area contributed by atoms with E-state index in [-0.39, 0.29) is 5.91 Å². The predicted molar refractivity (Wildman–Crippen MR) is 96.8 cm³/mol. The van der Waals surface area contributed by atoms with Crippen LogP contribution < -0.4 is 5.32 Å². The molecule has 1 heterocycles. The molecular weight excluding hydrogens is 298 g/mol. The van der Waals surface area contributed by atoms with E-state index in [0.29, 0.717) is 11.5 Å². The van der Waals surface area contributed by atoms with Crippen LogP contribution in [0.2, 0.25) is 0 Å². The standard InChI is InChI=1S/C20H21N3O/c1-14(2)18-10-7-11-19(15(18)3)22-20(24)16-12-21-23(13-16)17-8-5-4-6-9-17/h4-14H,1-3H3,(H,22,24). The molecule has 3 rings (SSSR count). The summed E-state index contributed by atoms with van der Waals surface area (Å²) in [5, 5.41) is 7.27. The van der Waals surface area contributed by atoms with Crippen molar-refractivity contribution in [3.8, 4) is 5.69 Å². The number of carbonyl (C=O) groups is 1.